The normalized spacial score (nSPS) is 15.3. The van der Waals surface area contributed by atoms with E-state index in [1.807, 2.05) is 76.2 Å². The van der Waals surface area contributed by atoms with Crippen LogP contribution >= 0.6 is 15.9 Å². The third-order valence-corrected chi connectivity index (χ3v) is 10.5. The number of aromatic nitrogens is 1. The zero-order valence-electron chi connectivity index (χ0n) is 32.0. The van der Waals surface area contributed by atoms with E-state index < -0.39 is 35.7 Å². The van der Waals surface area contributed by atoms with Gasteiger partial charge >= 0.3 is 19.3 Å². The lowest BCUT2D eigenvalue weighted by molar-refractivity contribution is -0.153. The Balaban J connectivity index is 0.000000314. The molecule has 0 N–H and O–H groups in total. The summed E-state index contributed by atoms with van der Waals surface area (Å²) in [6.45, 7) is 17.2. The molecule has 3 heterocycles. The third kappa shape index (κ3) is 9.63. The van der Waals surface area contributed by atoms with Crippen molar-refractivity contribution in [3.63, 3.8) is 0 Å². The minimum Gasteiger partial charge on any atom is -0.465 e. The van der Waals surface area contributed by atoms with Crippen LogP contribution in [0.2, 0.25) is 0 Å². The molecule has 0 saturated carbocycles. The molecule has 0 unspecified atom stereocenters. The van der Waals surface area contributed by atoms with Crippen molar-refractivity contribution in [2.24, 2.45) is 0 Å². The second kappa shape index (κ2) is 16.4. The van der Waals surface area contributed by atoms with Gasteiger partial charge in [0.15, 0.2) is 0 Å². The Kier molecular flexibility index (Phi) is 12.5. The van der Waals surface area contributed by atoms with Crippen LogP contribution in [-0.2, 0) is 50.1 Å². The van der Waals surface area contributed by atoms with Gasteiger partial charge in [0.2, 0.25) is 5.76 Å². The highest BCUT2D eigenvalue weighted by molar-refractivity contribution is 9.10. The summed E-state index contributed by atoms with van der Waals surface area (Å²) in [5, 5.41) is 2.26. The van der Waals surface area contributed by atoms with E-state index in [0.29, 0.717) is 25.4 Å². The molecule has 1 fully saturated rings. The van der Waals surface area contributed by atoms with E-state index >= 15 is 0 Å². The number of benzene rings is 3. The standard InChI is InChI=1S/C31H33BF3NO3.C11H14BrNO2/c1-21-10-13-23-8-6-7-9-26(23)27(21)20-36(19-25-16-17-28(37-25)31(33,34)35)18-22-11-14-24(15-12-22)32-38-29(2,3)30(4,5)39-32;1-4-15-10(14)11(2,3)9-7-8(12)5-6-13-9/h6-17H,18-20H2,1-5H3;5-7H,4H2,1-3H3. The molecular formula is C42H47BBrF3N2O5. The molecule has 12 heteroatoms. The van der Waals surface area contributed by atoms with E-state index in [9.17, 15) is 18.0 Å². The number of furan rings is 1. The second-order valence-corrected chi connectivity index (χ2v) is 15.9. The Labute approximate surface area is 324 Å². The molecule has 1 saturated heterocycles. The molecular weight excluding hydrogens is 760 g/mol. The van der Waals surface area contributed by atoms with Crippen molar-refractivity contribution in [1.82, 2.24) is 9.88 Å². The van der Waals surface area contributed by atoms with Gasteiger partial charge in [-0.15, -0.1) is 0 Å². The van der Waals surface area contributed by atoms with Gasteiger partial charge in [-0.3, -0.25) is 14.7 Å². The zero-order chi connectivity index (χ0) is 39.5. The Morgan fingerprint density at radius 3 is 2.17 bits per heavy atom. The van der Waals surface area contributed by atoms with Gasteiger partial charge in [0.1, 0.15) is 11.2 Å². The first-order valence-corrected chi connectivity index (χ1v) is 18.7. The van der Waals surface area contributed by atoms with E-state index in [0.717, 1.165) is 43.5 Å². The lowest BCUT2D eigenvalue weighted by atomic mass is 9.79. The first-order chi connectivity index (χ1) is 25.3. The number of carbonyl (C=O) groups is 1. The molecule has 0 spiro atoms. The van der Waals surface area contributed by atoms with Crippen LogP contribution < -0.4 is 5.46 Å². The van der Waals surface area contributed by atoms with Crippen LogP contribution in [0, 0.1) is 6.92 Å². The number of alkyl halides is 3. The average Bonchev–Trinajstić information content (AvgIpc) is 3.67. The second-order valence-electron chi connectivity index (χ2n) is 15.0. The van der Waals surface area contributed by atoms with E-state index in [1.54, 1.807) is 27.0 Å². The number of esters is 1. The van der Waals surface area contributed by atoms with Crippen LogP contribution in [0.25, 0.3) is 10.8 Å². The number of hydrogen-bond acceptors (Lipinski definition) is 7. The van der Waals surface area contributed by atoms with Crippen molar-refractivity contribution in [3.8, 4) is 0 Å². The molecule has 286 valence electrons. The summed E-state index contributed by atoms with van der Waals surface area (Å²) >= 11 is 3.35. The quantitative estimate of drug-likeness (QED) is 0.103. The van der Waals surface area contributed by atoms with E-state index in [1.165, 1.54) is 6.07 Å². The van der Waals surface area contributed by atoms with Crippen molar-refractivity contribution in [1.29, 1.82) is 0 Å². The number of halogens is 4. The molecule has 0 atom stereocenters. The number of rotatable bonds is 10. The smallest absolute Gasteiger partial charge is 0.465 e. The number of aryl methyl sites for hydroxylation is 1. The van der Waals surface area contributed by atoms with Gasteiger partial charge < -0.3 is 18.5 Å². The van der Waals surface area contributed by atoms with Gasteiger partial charge in [-0.1, -0.05) is 76.6 Å². The molecule has 3 aromatic carbocycles. The van der Waals surface area contributed by atoms with Crippen LogP contribution in [0.5, 0.6) is 0 Å². The van der Waals surface area contributed by atoms with Gasteiger partial charge in [0, 0.05) is 23.8 Å². The highest BCUT2D eigenvalue weighted by Crippen LogP contribution is 2.37. The Hall–Kier alpha value is -3.97. The first-order valence-electron chi connectivity index (χ1n) is 17.9. The lowest BCUT2D eigenvalue weighted by Crippen LogP contribution is -2.41. The molecule has 5 aromatic rings. The lowest BCUT2D eigenvalue weighted by Gasteiger charge is -2.32. The average molecular weight is 808 g/mol. The van der Waals surface area contributed by atoms with Crippen molar-refractivity contribution in [2.75, 3.05) is 6.61 Å². The fraction of sp³-hybridized carbons (Fsp3) is 0.381. The van der Waals surface area contributed by atoms with Crippen molar-refractivity contribution >= 4 is 45.3 Å². The van der Waals surface area contributed by atoms with Crippen molar-refractivity contribution in [2.45, 2.75) is 97.8 Å². The minimum absolute atomic E-state index is 0.234. The Bertz CT molecular complexity index is 2050. The molecule has 7 nitrogen and oxygen atoms in total. The summed E-state index contributed by atoms with van der Waals surface area (Å²) in [7, 11) is -0.456. The zero-order valence-corrected chi connectivity index (χ0v) is 33.6. The van der Waals surface area contributed by atoms with E-state index in [-0.39, 0.29) is 18.3 Å². The van der Waals surface area contributed by atoms with Gasteiger partial charge in [0.05, 0.1) is 30.0 Å². The highest BCUT2D eigenvalue weighted by Gasteiger charge is 2.51. The summed E-state index contributed by atoms with van der Waals surface area (Å²) in [6.07, 6.45) is -2.85. The summed E-state index contributed by atoms with van der Waals surface area (Å²) in [5.41, 5.74) is 3.36. The minimum atomic E-state index is -4.52. The maximum atomic E-state index is 13.2. The van der Waals surface area contributed by atoms with Gasteiger partial charge in [-0.25, -0.2) is 0 Å². The topological polar surface area (TPSA) is 74.0 Å². The van der Waals surface area contributed by atoms with Gasteiger partial charge in [0.25, 0.3) is 0 Å². The molecule has 0 amide bonds. The molecule has 2 aromatic heterocycles. The first kappa shape index (κ1) is 41.2. The molecule has 0 bridgehead atoms. The van der Waals surface area contributed by atoms with Crippen molar-refractivity contribution in [3.05, 3.63) is 130 Å². The molecule has 54 heavy (non-hydrogen) atoms. The Morgan fingerprint density at radius 1 is 0.889 bits per heavy atom. The Morgan fingerprint density at radius 2 is 1.56 bits per heavy atom. The fourth-order valence-electron chi connectivity index (χ4n) is 6.06. The maximum Gasteiger partial charge on any atom is 0.494 e. The van der Waals surface area contributed by atoms with Gasteiger partial charge in [-0.05, 0) is 113 Å². The number of nitrogens with zero attached hydrogens (tertiary/aromatic N) is 2. The SMILES string of the molecule is CCOC(=O)C(C)(C)c1cc(Br)ccn1.Cc1ccc2ccccc2c1CN(Cc1ccc(B2OC(C)(C)C(C)(C)O2)cc1)Cc1ccc(C(F)(F)F)o1. The number of ether oxygens (including phenoxy) is 1. The molecule has 0 radical (unpaired) electrons. The number of hydrogen-bond donors (Lipinski definition) is 0. The van der Waals surface area contributed by atoms with Crippen LogP contribution in [-0.4, -0.2) is 40.8 Å². The van der Waals surface area contributed by atoms with Crippen LogP contribution in [0.3, 0.4) is 0 Å². The number of carbonyl (C=O) groups excluding carboxylic acids is 1. The molecule has 1 aliphatic heterocycles. The highest BCUT2D eigenvalue weighted by atomic mass is 79.9. The summed E-state index contributed by atoms with van der Waals surface area (Å²) < 4.78 is 63.0. The fourth-order valence-corrected chi connectivity index (χ4v) is 6.40. The monoisotopic (exact) mass is 806 g/mol. The van der Waals surface area contributed by atoms with Crippen LogP contribution in [0.4, 0.5) is 13.2 Å². The van der Waals surface area contributed by atoms with Crippen LogP contribution in [0.15, 0.2) is 100 Å². The van der Waals surface area contributed by atoms with Crippen molar-refractivity contribution < 1.29 is 36.4 Å². The third-order valence-electron chi connectivity index (χ3n) is 10.0. The summed E-state index contributed by atoms with van der Waals surface area (Å²) in [5.74, 6) is -0.963. The largest absolute Gasteiger partial charge is 0.494 e. The van der Waals surface area contributed by atoms with Gasteiger partial charge in [-0.2, -0.15) is 13.2 Å². The van der Waals surface area contributed by atoms with E-state index in [4.69, 9.17) is 18.5 Å². The van der Waals surface area contributed by atoms with E-state index in [2.05, 4.69) is 57.0 Å². The summed E-state index contributed by atoms with van der Waals surface area (Å²) in [6, 6.07) is 26.4. The molecule has 6 rings (SSSR count). The maximum absolute atomic E-state index is 13.2. The summed E-state index contributed by atoms with van der Waals surface area (Å²) in [4.78, 5) is 18.0. The predicted octanol–water partition coefficient (Wildman–Crippen LogP) is 9.95. The number of fused-ring (bicyclic) bond motifs is 1. The predicted molar refractivity (Wildman–Crippen MR) is 209 cm³/mol. The van der Waals surface area contributed by atoms with Crippen LogP contribution in [0.1, 0.15) is 82.4 Å². The number of pyridine rings is 1. The molecule has 1 aliphatic rings. The molecule has 0 aliphatic carbocycles.